The summed E-state index contributed by atoms with van der Waals surface area (Å²) in [5, 5.41) is 21.8. The van der Waals surface area contributed by atoms with Gasteiger partial charge in [-0.2, -0.15) is 0 Å². The molecule has 0 aliphatic carbocycles. The largest absolute Gasteiger partial charge is 0.478 e. The van der Waals surface area contributed by atoms with Crippen molar-refractivity contribution in [1.82, 2.24) is 9.97 Å². The fourth-order valence-electron chi connectivity index (χ4n) is 1.58. The van der Waals surface area contributed by atoms with Crippen LogP contribution in [-0.4, -0.2) is 38.8 Å². The van der Waals surface area contributed by atoms with E-state index in [-0.39, 0.29) is 5.56 Å². The molecule has 6 nitrogen and oxygen atoms in total. The highest BCUT2D eigenvalue weighted by Crippen LogP contribution is 2.20. The van der Waals surface area contributed by atoms with Crippen molar-refractivity contribution >= 4 is 22.7 Å². The highest BCUT2D eigenvalue weighted by molar-refractivity contribution is 5.96. The minimum absolute atomic E-state index is 0.183. The smallest absolute Gasteiger partial charge is 0.335 e. The van der Waals surface area contributed by atoms with E-state index in [0.29, 0.717) is 17.9 Å². The Morgan fingerprint density at radius 1 is 1.44 bits per heavy atom. The van der Waals surface area contributed by atoms with Crippen molar-refractivity contribution < 1.29 is 15.0 Å². The van der Waals surface area contributed by atoms with Crippen molar-refractivity contribution in [1.29, 1.82) is 0 Å². The Kier molecular flexibility index (Phi) is 3.38. The van der Waals surface area contributed by atoms with Crippen molar-refractivity contribution in [2.24, 2.45) is 0 Å². The fraction of sp³-hybridized carbons (Fsp3) is 0.250. The predicted molar refractivity (Wildman–Crippen MR) is 66.7 cm³/mol. The Morgan fingerprint density at radius 3 is 2.89 bits per heavy atom. The first-order valence-electron chi connectivity index (χ1n) is 5.48. The summed E-state index contributed by atoms with van der Waals surface area (Å²) in [6.07, 6.45) is 0.867. The number of aromatic nitrogens is 2. The Morgan fingerprint density at radius 2 is 2.22 bits per heavy atom. The molecule has 6 heteroatoms. The number of nitrogens with one attached hydrogen (secondary N) is 1. The molecule has 0 aliphatic heterocycles. The van der Waals surface area contributed by atoms with Gasteiger partial charge in [0, 0.05) is 11.9 Å². The second-order valence-electron chi connectivity index (χ2n) is 3.99. The summed E-state index contributed by atoms with van der Waals surface area (Å²) in [6.45, 7) is 2.03. The first-order valence-corrected chi connectivity index (χ1v) is 5.48. The van der Waals surface area contributed by atoms with Crippen molar-refractivity contribution in [2.45, 2.75) is 13.0 Å². The number of aliphatic hydroxyl groups excluding tert-OH is 1. The van der Waals surface area contributed by atoms with Crippen LogP contribution in [0.3, 0.4) is 0 Å². The molecule has 0 spiro atoms. The number of fused-ring (bicyclic) bond motifs is 1. The third-order valence-corrected chi connectivity index (χ3v) is 2.45. The summed E-state index contributed by atoms with van der Waals surface area (Å²) in [7, 11) is 0. The molecule has 0 bridgehead atoms. The molecule has 1 heterocycles. The van der Waals surface area contributed by atoms with Gasteiger partial charge in [0.15, 0.2) is 0 Å². The number of anilines is 1. The topological polar surface area (TPSA) is 95.3 Å². The predicted octanol–water partition coefficient (Wildman–Crippen LogP) is 1.12. The number of carbonyl (C=O) groups is 1. The van der Waals surface area contributed by atoms with Crippen LogP contribution in [0.5, 0.6) is 0 Å². The maximum Gasteiger partial charge on any atom is 0.335 e. The van der Waals surface area contributed by atoms with Crippen LogP contribution >= 0.6 is 0 Å². The molecule has 0 aliphatic rings. The van der Waals surface area contributed by atoms with Gasteiger partial charge in [-0.05, 0) is 25.1 Å². The van der Waals surface area contributed by atoms with Crippen LogP contribution in [0.1, 0.15) is 17.3 Å². The first-order chi connectivity index (χ1) is 8.58. The second-order valence-corrected chi connectivity index (χ2v) is 3.99. The first kappa shape index (κ1) is 12.3. The summed E-state index contributed by atoms with van der Waals surface area (Å²) < 4.78 is 0. The van der Waals surface area contributed by atoms with Crippen molar-refractivity contribution in [3.05, 3.63) is 30.1 Å². The number of hydrogen-bond acceptors (Lipinski definition) is 5. The Labute approximate surface area is 103 Å². The van der Waals surface area contributed by atoms with Gasteiger partial charge in [-0.3, -0.25) is 0 Å². The van der Waals surface area contributed by atoms with E-state index >= 15 is 0 Å². The maximum atomic E-state index is 10.9. The zero-order chi connectivity index (χ0) is 13.1. The van der Waals surface area contributed by atoms with Gasteiger partial charge in [0.05, 0.1) is 17.2 Å². The van der Waals surface area contributed by atoms with Gasteiger partial charge in [0.2, 0.25) is 0 Å². The van der Waals surface area contributed by atoms with Gasteiger partial charge < -0.3 is 15.5 Å². The number of aliphatic hydroxyl groups is 1. The second kappa shape index (κ2) is 4.97. The molecule has 0 radical (unpaired) electrons. The van der Waals surface area contributed by atoms with E-state index in [9.17, 15) is 9.90 Å². The SMILES string of the molecule is C[C@H](O)CNc1ncnc2cc(C(=O)O)ccc12. The molecular weight excluding hydrogens is 234 g/mol. The van der Waals surface area contributed by atoms with Crippen molar-refractivity contribution in [3.63, 3.8) is 0 Å². The lowest BCUT2D eigenvalue weighted by Crippen LogP contribution is -2.16. The number of nitrogens with zero attached hydrogens (tertiary/aromatic N) is 2. The molecule has 0 saturated carbocycles. The molecule has 2 aromatic rings. The Hall–Kier alpha value is -2.21. The molecule has 1 aromatic carbocycles. The average Bonchev–Trinajstić information content (AvgIpc) is 2.35. The lowest BCUT2D eigenvalue weighted by molar-refractivity contribution is 0.0697. The molecule has 94 valence electrons. The number of rotatable bonds is 4. The number of aromatic carboxylic acids is 1. The normalized spacial score (nSPS) is 12.3. The van der Waals surface area contributed by atoms with Crippen LogP contribution in [-0.2, 0) is 0 Å². The lowest BCUT2D eigenvalue weighted by atomic mass is 10.1. The zero-order valence-electron chi connectivity index (χ0n) is 9.79. The van der Waals surface area contributed by atoms with Gasteiger partial charge in [-0.15, -0.1) is 0 Å². The highest BCUT2D eigenvalue weighted by atomic mass is 16.4. The van der Waals surface area contributed by atoms with Gasteiger partial charge in [-0.25, -0.2) is 14.8 Å². The fourth-order valence-corrected chi connectivity index (χ4v) is 1.58. The van der Waals surface area contributed by atoms with E-state index in [0.717, 1.165) is 5.39 Å². The monoisotopic (exact) mass is 247 g/mol. The molecule has 0 fully saturated rings. The van der Waals surface area contributed by atoms with E-state index in [1.165, 1.54) is 18.5 Å². The summed E-state index contributed by atoms with van der Waals surface area (Å²) >= 11 is 0. The summed E-state index contributed by atoms with van der Waals surface area (Å²) in [5.41, 5.74) is 0.737. The van der Waals surface area contributed by atoms with Crippen molar-refractivity contribution in [2.75, 3.05) is 11.9 Å². The average molecular weight is 247 g/mol. The molecule has 2 rings (SSSR count). The standard InChI is InChI=1S/C12H13N3O3/c1-7(16)5-13-11-9-3-2-8(12(17)18)4-10(9)14-6-15-11/h2-4,6-7,16H,5H2,1H3,(H,17,18)(H,13,14,15)/t7-/m0/s1. The van der Waals surface area contributed by atoms with E-state index in [1.54, 1.807) is 13.0 Å². The summed E-state index contributed by atoms with van der Waals surface area (Å²) in [6, 6.07) is 4.65. The van der Waals surface area contributed by atoms with Crippen LogP contribution < -0.4 is 5.32 Å². The van der Waals surface area contributed by atoms with Gasteiger partial charge in [0.25, 0.3) is 0 Å². The number of hydrogen-bond donors (Lipinski definition) is 3. The lowest BCUT2D eigenvalue weighted by Gasteiger charge is -2.09. The van der Waals surface area contributed by atoms with Gasteiger partial charge >= 0.3 is 5.97 Å². The van der Waals surface area contributed by atoms with E-state index in [1.807, 2.05) is 0 Å². The van der Waals surface area contributed by atoms with Crippen LogP contribution in [0.15, 0.2) is 24.5 Å². The molecule has 1 aromatic heterocycles. The molecule has 3 N–H and O–H groups in total. The van der Waals surface area contributed by atoms with Crippen LogP contribution in [0.4, 0.5) is 5.82 Å². The summed E-state index contributed by atoms with van der Waals surface area (Å²) in [5.74, 6) is -0.410. The van der Waals surface area contributed by atoms with Crippen LogP contribution in [0, 0.1) is 0 Å². The maximum absolute atomic E-state index is 10.9. The quantitative estimate of drug-likeness (QED) is 0.749. The number of carboxylic acid groups (broad SMARTS) is 1. The van der Waals surface area contributed by atoms with E-state index in [2.05, 4.69) is 15.3 Å². The third-order valence-electron chi connectivity index (χ3n) is 2.45. The van der Waals surface area contributed by atoms with Crippen LogP contribution in [0.2, 0.25) is 0 Å². The zero-order valence-corrected chi connectivity index (χ0v) is 9.79. The molecule has 0 amide bonds. The van der Waals surface area contributed by atoms with E-state index < -0.39 is 12.1 Å². The van der Waals surface area contributed by atoms with Crippen LogP contribution in [0.25, 0.3) is 10.9 Å². The van der Waals surface area contributed by atoms with Gasteiger partial charge in [-0.1, -0.05) is 0 Å². The van der Waals surface area contributed by atoms with Gasteiger partial charge in [0.1, 0.15) is 12.1 Å². The molecule has 1 atom stereocenters. The minimum Gasteiger partial charge on any atom is -0.478 e. The Balaban J connectivity index is 2.40. The highest BCUT2D eigenvalue weighted by Gasteiger charge is 2.08. The molecular formula is C12H13N3O3. The minimum atomic E-state index is -0.992. The van der Waals surface area contributed by atoms with Crippen molar-refractivity contribution in [3.8, 4) is 0 Å². The summed E-state index contributed by atoms with van der Waals surface area (Å²) in [4.78, 5) is 19.0. The number of carboxylic acids is 1. The molecule has 0 saturated heterocycles. The molecule has 18 heavy (non-hydrogen) atoms. The third kappa shape index (κ3) is 2.54. The molecule has 0 unspecified atom stereocenters. The number of benzene rings is 1. The Bertz CT molecular complexity index is 584. The van der Waals surface area contributed by atoms with E-state index in [4.69, 9.17) is 5.11 Å².